The number of rotatable bonds is 13. The van der Waals surface area contributed by atoms with E-state index in [1.807, 2.05) is 106 Å². The molecule has 3 aromatic carbocycles. The first kappa shape index (κ1) is 36.3. The maximum absolute atomic E-state index is 13.0. The molecule has 0 aliphatic carbocycles. The van der Waals surface area contributed by atoms with Crippen LogP contribution < -0.4 is 0 Å². The molecule has 1 saturated heterocycles. The lowest BCUT2D eigenvalue weighted by Gasteiger charge is -2.33. The lowest BCUT2D eigenvalue weighted by Crippen LogP contribution is -2.48. The van der Waals surface area contributed by atoms with E-state index in [9.17, 15) is 14.4 Å². The molecule has 0 saturated carbocycles. The number of benzene rings is 3. The number of carbonyl (C=O) groups excluding carboxylic acids is 3. The molecule has 0 atom stereocenters. The molecular formula is C38H46N4O6. The van der Waals surface area contributed by atoms with Crippen LogP contribution >= 0.6 is 0 Å². The van der Waals surface area contributed by atoms with Crippen molar-refractivity contribution in [3.63, 3.8) is 0 Å². The summed E-state index contributed by atoms with van der Waals surface area (Å²) in [4.78, 5) is 47.0. The van der Waals surface area contributed by atoms with Gasteiger partial charge in [-0.3, -0.25) is 34.0 Å². The highest BCUT2D eigenvalue weighted by molar-refractivity contribution is 5.72. The van der Waals surface area contributed by atoms with E-state index in [4.69, 9.17) is 20.6 Å². The Hall–Kier alpha value is -4.53. The summed E-state index contributed by atoms with van der Waals surface area (Å²) in [5.41, 5.74) is 2.76. The van der Waals surface area contributed by atoms with E-state index in [2.05, 4.69) is 10.8 Å². The number of hydrogen-bond donors (Lipinski definition) is 0. The van der Waals surface area contributed by atoms with E-state index in [0.29, 0.717) is 58.9 Å². The van der Waals surface area contributed by atoms with Crippen LogP contribution in [0.5, 0.6) is 0 Å². The fourth-order valence-electron chi connectivity index (χ4n) is 5.24. The van der Waals surface area contributed by atoms with Gasteiger partial charge in [0.25, 0.3) is 0 Å². The van der Waals surface area contributed by atoms with Crippen molar-refractivity contribution in [3.05, 3.63) is 108 Å². The van der Waals surface area contributed by atoms with Crippen LogP contribution in [-0.2, 0) is 48.4 Å². The standard InChI is InChI=1S/C38H46N4O6/c1-2-18-39-19-21-40(27-36(43)46-30-33-12-6-3-7-13-33)23-25-42(29-38(45)48-32-35-16-10-5-11-17-35)26-24-41(22-20-39)28-37(44)47-31-34-14-8-4-9-15-34/h1,3-17H,18-32H2. The number of carbonyl (C=O) groups is 3. The summed E-state index contributed by atoms with van der Waals surface area (Å²) in [7, 11) is 0. The molecule has 1 heterocycles. The van der Waals surface area contributed by atoms with E-state index < -0.39 is 0 Å². The Balaban J connectivity index is 1.40. The van der Waals surface area contributed by atoms with Gasteiger partial charge in [0.05, 0.1) is 26.2 Å². The average Bonchev–Trinajstić information content (AvgIpc) is 3.11. The van der Waals surface area contributed by atoms with Crippen molar-refractivity contribution < 1.29 is 28.6 Å². The third-order valence-electron chi connectivity index (χ3n) is 8.03. The van der Waals surface area contributed by atoms with Crippen LogP contribution in [-0.4, -0.2) is 116 Å². The maximum Gasteiger partial charge on any atom is 0.320 e. The molecule has 1 aliphatic heterocycles. The summed E-state index contributed by atoms with van der Waals surface area (Å²) in [6, 6.07) is 28.7. The second-order valence-corrected chi connectivity index (χ2v) is 11.7. The molecule has 0 spiro atoms. The van der Waals surface area contributed by atoms with Gasteiger partial charge in [-0.15, -0.1) is 6.42 Å². The molecule has 0 aromatic heterocycles. The molecule has 254 valence electrons. The summed E-state index contributed by atoms with van der Waals surface area (Å²) in [6.07, 6.45) is 5.70. The first-order chi connectivity index (χ1) is 23.5. The van der Waals surface area contributed by atoms with Crippen LogP contribution in [0.4, 0.5) is 0 Å². The van der Waals surface area contributed by atoms with Gasteiger partial charge in [0, 0.05) is 52.4 Å². The molecule has 0 amide bonds. The molecule has 0 radical (unpaired) electrons. The fourth-order valence-corrected chi connectivity index (χ4v) is 5.24. The molecule has 3 aromatic rings. The highest BCUT2D eigenvalue weighted by atomic mass is 16.5. The van der Waals surface area contributed by atoms with Crippen LogP contribution in [0.3, 0.4) is 0 Å². The number of ether oxygens (including phenoxy) is 3. The fraction of sp³-hybridized carbons (Fsp3) is 0.395. The Kier molecular flexibility index (Phi) is 15.6. The monoisotopic (exact) mass is 654 g/mol. The van der Waals surface area contributed by atoms with Crippen LogP contribution in [0, 0.1) is 12.3 Å². The van der Waals surface area contributed by atoms with Gasteiger partial charge in [0.2, 0.25) is 0 Å². The van der Waals surface area contributed by atoms with Gasteiger partial charge in [-0.05, 0) is 16.7 Å². The minimum atomic E-state index is -0.339. The molecule has 0 unspecified atom stereocenters. The van der Waals surface area contributed by atoms with Gasteiger partial charge < -0.3 is 14.2 Å². The largest absolute Gasteiger partial charge is 0.460 e. The van der Waals surface area contributed by atoms with Crippen molar-refractivity contribution in [1.82, 2.24) is 19.6 Å². The lowest BCUT2D eigenvalue weighted by atomic mass is 10.2. The highest BCUT2D eigenvalue weighted by Crippen LogP contribution is 2.07. The van der Waals surface area contributed by atoms with Gasteiger partial charge in [0.1, 0.15) is 19.8 Å². The molecule has 1 fully saturated rings. The molecule has 10 nitrogen and oxygen atoms in total. The van der Waals surface area contributed by atoms with E-state index in [1.54, 1.807) is 0 Å². The second-order valence-electron chi connectivity index (χ2n) is 11.7. The lowest BCUT2D eigenvalue weighted by molar-refractivity contribution is -0.148. The molecule has 0 bridgehead atoms. The Bertz CT molecular complexity index is 1360. The Morgan fingerprint density at radius 2 is 0.750 bits per heavy atom. The summed E-state index contributed by atoms with van der Waals surface area (Å²) < 4.78 is 16.7. The number of nitrogens with zero attached hydrogens (tertiary/aromatic N) is 4. The summed E-state index contributed by atoms with van der Waals surface area (Å²) in [5, 5.41) is 0. The van der Waals surface area contributed by atoms with Gasteiger partial charge in [-0.1, -0.05) is 96.9 Å². The predicted molar refractivity (Wildman–Crippen MR) is 183 cm³/mol. The van der Waals surface area contributed by atoms with Crippen molar-refractivity contribution in [2.45, 2.75) is 19.8 Å². The zero-order valence-electron chi connectivity index (χ0n) is 27.6. The minimum absolute atomic E-state index is 0.0780. The topological polar surface area (TPSA) is 91.9 Å². The van der Waals surface area contributed by atoms with Crippen molar-refractivity contribution in [1.29, 1.82) is 0 Å². The van der Waals surface area contributed by atoms with E-state index in [1.165, 1.54) is 0 Å². The Morgan fingerprint density at radius 1 is 0.479 bits per heavy atom. The van der Waals surface area contributed by atoms with Crippen LogP contribution in [0.25, 0.3) is 0 Å². The third-order valence-corrected chi connectivity index (χ3v) is 8.03. The third kappa shape index (κ3) is 14.1. The summed E-state index contributed by atoms with van der Waals surface area (Å²) >= 11 is 0. The van der Waals surface area contributed by atoms with Crippen LogP contribution in [0.15, 0.2) is 91.0 Å². The first-order valence-corrected chi connectivity index (χ1v) is 16.4. The predicted octanol–water partition coefficient (Wildman–Crippen LogP) is 3.07. The number of hydrogen-bond acceptors (Lipinski definition) is 10. The molecule has 0 N–H and O–H groups in total. The van der Waals surface area contributed by atoms with Crippen molar-refractivity contribution in [2.75, 3.05) is 78.5 Å². The quantitative estimate of drug-likeness (QED) is 0.156. The average molecular weight is 655 g/mol. The summed E-state index contributed by atoms with van der Waals surface area (Å²) in [6.45, 7) is 5.82. The zero-order chi connectivity index (χ0) is 33.8. The highest BCUT2D eigenvalue weighted by Gasteiger charge is 2.21. The normalized spacial score (nSPS) is 15.7. The second kappa shape index (κ2) is 20.7. The van der Waals surface area contributed by atoms with Crippen molar-refractivity contribution in [3.8, 4) is 12.3 Å². The number of esters is 3. The molecule has 10 heteroatoms. The maximum atomic E-state index is 13.0. The Labute approximate surface area is 284 Å². The molecular weight excluding hydrogens is 608 g/mol. The zero-order valence-corrected chi connectivity index (χ0v) is 27.6. The summed E-state index contributed by atoms with van der Waals surface area (Å²) in [5.74, 6) is 1.76. The first-order valence-electron chi connectivity index (χ1n) is 16.4. The molecule has 4 rings (SSSR count). The van der Waals surface area contributed by atoms with Gasteiger partial charge in [-0.2, -0.15) is 0 Å². The van der Waals surface area contributed by atoms with Crippen LogP contribution in [0.2, 0.25) is 0 Å². The van der Waals surface area contributed by atoms with Crippen LogP contribution in [0.1, 0.15) is 16.7 Å². The number of terminal acetylenes is 1. The van der Waals surface area contributed by atoms with E-state index >= 15 is 0 Å². The van der Waals surface area contributed by atoms with Gasteiger partial charge >= 0.3 is 17.9 Å². The molecule has 1 aliphatic rings. The van der Waals surface area contributed by atoms with Gasteiger partial charge in [-0.25, -0.2) is 0 Å². The molecule has 48 heavy (non-hydrogen) atoms. The Morgan fingerprint density at radius 3 is 1.02 bits per heavy atom. The van der Waals surface area contributed by atoms with Crippen molar-refractivity contribution >= 4 is 17.9 Å². The SMILES string of the molecule is C#CCN1CCN(CC(=O)OCc2ccccc2)CCN(CC(=O)OCc2ccccc2)CCN(CC(=O)OCc2ccccc2)CC1. The van der Waals surface area contributed by atoms with Gasteiger partial charge in [0.15, 0.2) is 0 Å². The van der Waals surface area contributed by atoms with E-state index in [-0.39, 0.29) is 57.4 Å². The minimum Gasteiger partial charge on any atom is -0.460 e. The van der Waals surface area contributed by atoms with E-state index in [0.717, 1.165) is 16.7 Å². The van der Waals surface area contributed by atoms with Crippen molar-refractivity contribution in [2.24, 2.45) is 0 Å². The smallest absolute Gasteiger partial charge is 0.320 e.